The first-order valence-electron chi connectivity index (χ1n) is 5.42. The lowest BCUT2D eigenvalue weighted by Crippen LogP contribution is -2.29. The van der Waals surface area contributed by atoms with Gasteiger partial charge in [0.25, 0.3) is 0 Å². The predicted molar refractivity (Wildman–Crippen MR) is 60.6 cm³/mol. The molecule has 16 heavy (non-hydrogen) atoms. The Morgan fingerprint density at radius 3 is 3.19 bits per heavy atom. The van der Waals surface area contributed by atoms with E-state index in [9.17, 15) is 0 Å². The normalized spacial score (nSPS) is 21.4. The Bertz CT molecular complexity index is 503. The second-order valence-corrected chi connectivity index (χ2v) is 4.37. The highest BCUT2D eigenvalue weighted by Gasteiger charge is 2.21. The van der Waals surface area contributed by atoms with Gasteiger partial charge in [-0.2, -0.15) is 0 Å². The predicted octanol–water partition coefficient (Wildman–Crippen LogP) is 1.24. The van der Waals surface area contributed by atoms with Crippen LogP contribution >= 0.6 is 11.6 Å². The Labute approximate surface area is 97.8 Å². The van der Waals surface area contributed by atoms with Crippen molar-refractivity contribution in [3.05, 3.63) is 23.4 Å². The van der Waals surface area contributed by atoms with Gasteiger partial charge in [-0.05, 0) is 19.4 Å². The third-order valence-electron chi connectivity index (χ3n) is 2.97. The van der Waals surface area contributed by atoms with Crippen molar-refractivity contribution in [2.45, 2.75) is 18.8 Å². The van der Waals surface area contributed by atoms with Gasteiger partial charge in [-0.25, -0.2) is 4.98 Å². The van der Waals surface area contributed by atoms with Crippen LogP contribution in [0.15, 0.2) is 12.4 Å². The molecule has 3 rings (SSSR count). The number of hydrogen-bond acceptors (Lipinski definition) is 4. The molecule has 0 aliphatic carbocycles. The number of halogens is 1. The zero-order chi connectivity index (χ0) is 11.0. The molecule has 84 valence electrons. The molecule has 1 fully saturated rings. The fourth-order valence-corrected chi connectivity index (χ4v) is 2.35. The largest absolute Gasteiger partial charge is 0.316 e. The molecule has 3 heterocycles. The summed E-state index contributed by atoms with van der Waals surface area (Å²) in [4.78, 5) is 3.99. The third-order valence-corrected chi connectivity index (χ3v) is 3.24. The van der Waals surface area contributed by atoms with Crippen LogP contribution in [0, 0.1) is 0 Å². The molecule has 0 aromatic carbocycles. The number of hydrogen-bond donors (Lipinski definition) is 1. The second-order valence-electron chi connectivity index (χ2n) is 4.01. The van der Waals surface area contributed by atoms with Crippen molar-refractivity contribution >= 4 is 17.2 Å². The van der Waals surface area contributed by atoms with Crippen molar-refractivity contribution in [2.24, 2.45) is 0 Å². The van der Waals surface area contributed by atoms with Gasteiger partial charge in [0.1, 0.15) is 5.82 Å². The third kappa shape index (κ3) is 1.56. The molecule has 0 bridgehead atoms. The molecule has 1 atom stereocenters. The molecule has 0 amide bonds. The summed E-state index contributed by atoms with van der Waals surface area (Å²) in [5, 5.41) is 12.1. The molecule has 1 N–H and O–H groups in total. The van der Waals surface area contributed by atoms with Gasteiger partial charge in [0, 0.05) is 24.9 Å². The molecule has 2 aromatic rings. The summed E-state index contributed by atoms with van der Waals surface area (Å²) >= 11 is 5.96. The molecule has 0 spiro atoms. The summed E-state index contributed by atoms with van der Waals surface area (Å²) < 4.78 is 1.94. The SMILES string of the molecule is Clc1nccn2c(C3CCCNC3)nnc12. The zero-order valence-corrected chi connectivity index (χ0v) is 9.48. The van der Waals surface area contributed by atoms with Crippen LogP contribution in [-0.4, -0.2) is 32.7 Å². The van der Waals surface area contributed by atoms with Crippen molar-refractivity contribution in [3.63, 3.8) is 0 Å². The Balaban J connectivity index is 2.06. The Hall–Kier alpha value is -1.20. The van der Waals surface area contributed by atoms with Gasteiger partial charge >= 0.3 is 0 Å². The number of aromatic nitrogens is 4. The molecule has 0 saturated carbocycles. The summed E-state index contributed by atoms with van der Waals surface area (Å²) in [6, 6.07) is 0. The maximum atomic E-state index is 5.96. The first kappa shape index (κ1) is 9.99. The minimum atomic E-state index is 0.407. The van der Waals surface area contributed by atoms with Crippen LogP contribution < -0.4 is 5.32 Å². The first-order chi connectivity index (χ1) is 7.86. The Morgan fingerprint density at radius 2 is 2.38 bits per heavy atom. The monoisotopic (exact) mass is 237 g/mol. The van der Waals surface area contributed by atoms with Crippen LogP contribution in [0.3, 0.4) is 0 Å². The average Bonchev–Trinajstić information content (AvgIpc) is 2.75. The summed E-state index contributed by atoms with van der Waals surface area (Å²) in [5.41, 5.74) is 0.643. The van der Waals surface area contributed by atoms with E-state index in [2.05, 4.69) is 20.5 Å². The van der Waals surface area contributed by atoms with Crippen molar-refractivity contribution in [3.8, 4) is 0 Å². The Morgan fingerprint density at radius 1 is 1.44 bits per heavy atom. The number of nitrogens with one attached hydrogen (secondary N) is 1. The van der Waals surface area contributed by atoms with E-state index in [1.807, 2.05) is 10.6 Å². The molecule has 0 radical (unpaired) electrons. The molecule has 1 saturated heterocycles. The van der Waals surface area contributed by atoms with E-state index in [0.29, 0.717) is 16.7 Å². The molecule has 6 heteroatoms. The molecule has 1 unspecified atom stereocenters. The zero-order valence-electron chi connectivity index (χ0n) is 8.73. The number of piperidine rings is 1. The van der Waals surface area contributed by atoms with E-state index in [0.717, 1.165) is 25.3 Å². The van der Waals surface area contributed by atoms with Crippen LogP contribution in [0.4, 0.5) is 0 Å². The van der Waals surface area contributed by atoms with Gasteiger partial charge in [-0.15, -0.1) is 10.2 Å². The van der Waals surface area contributed by atoms with Gasteiger partial charge in [-0.3, -0.25) is 4.40 Å². The van der Waals surface area contributed by atoms with Crippen molar-refractivity contribution < 1.29 is 0 Å². The summed E-state index contributed by atoms with van der Waals surface area (Å²) in [6.45, 7) is 2.05. The lowest BCUT2D eigenvalue weighted by molar-refractivity contribution is 0.444. The first-order valence-corrected chi connectivity index (χ1v) is 5.80. The smallest absolute Gasteiger partial charge is 0.198 e. The number of nitrogens with zero attached hydrogens (tertiary/aromatic N) is 4. The van der Waals surface area contributed by atoms with E-state index in [-0.39, 0.29) is 0 Å². The fraction of sp³-hybridized carbons (Fsp3) is 0.500. The van der Waals surface area contributed by atoms with E-state index < -0.39 is 0 Å². The fourth-order valence-electron chi connectivity index (χ4n) is 2.16. The molecule has 2 aromatic heterocycles. The van der Waals surface area contributed by atoms with E-state index in [1.54, 1.807) is 6.20 Å². The van der Waals surface area contributed by atoms with Gasteiger partial charge in [0.2, 0.25) is 0 Å². The molecular formula is C10H12ClN5. The average molecular weight is 238 g/mol. The topological polar surface area (TPSA) is 55.1 Å². The van der Waals surface area contributed by atoms with Gasteiger partial charge < -0.3 is 5.32 Å². The minimum Gasteiger partial charge on any atom is -0.316 e. The highest BCUT2D eigenvalue weighted by atomic mass is 35.5. The maximum Gasteiger partial charge on any atom is 0.198 e. The lowest BCUT2D eigenvalue weighted by atomic mass is 9.99. The summed E-state index contributed by atoms with van der Waals surface area (Å²) in [6.07, 6.45) is 5.87. The minimum absolute atomic E-state index is 0.407. The molecule has 1 aliphatic heterocycles. The van der Waals surface area contributed by atoms with Crippen LogP contribution in [0.2, 0.25) is 5.15 Å². The van der Waals surface area contributed by atoms with Crippen molar-refractivity contribution in [1.82, 2.24) is 24.9 Å². The highest BCUT2D eigenvalue weighted by molar-refractivity contribution is 6.32. The van der Waals surface area contributed by atoms with Crippen molar-refractivity contribution in [1.29, 1.82) is 0 Å². The lowest BCUT2D eigenvalue weighted by Gasteiger charge is -2.20. The maximum absolute atomic E-state index is 5.96. The van der Waals surface area contributed by atoms with Gasteiger partial charge in [0.05, 0.1) is 0 Å². The molecular weight excluding hydrogens is 226 g/mol. The van der Waals surface area contributed by atoms with E-state index in [4.69, 9.17) is 11.6 Å². The Kier molecular flexibility index (Phi) is 2.49. The van der Waals surface area contributed by atoms with E-state index >= 15 is 0 Å². The number of rotatable bonds is 1. The highest BCUT2D eigenvalue weighted by Crippen LogP contribution is 2.23. The van der Waals surface area contributed by atoms with E-state index in [1.165, 1.54) is 6.42 Å². The molecule has 5 nitrogen and oxygen atoms in total. The van der Waals surface area contributed by atoms with Crippen molar-refractivity contribution in [2.75, 3.05) is 13.1 Å². The molecule has 1 aliphatic rings. The summed E-state index contributed by atoms with van der Waals surface area (Å²) in [5.74, 6) is 1.40. The van der Waals surface area contributed by atoms with Crippen LogP contribution in [0.5, 0.6) is 0 Å². The second kappa shape index (κ2) is 3.99. The van der Waals surface area contributed by atoms with Crippen LogP contribution in [0.1, 0.15) is 24.6 Å². The van der Waals surface area contributed by atoms with Gasteiger partial charge in [-0.1, -0.05) is 11.6 Å². The quantitative estimate of drug-likeness (QED) is 0.811. The van der Waals surface area contributed by atoms with Crippen LogP contribution in [-0.2, 0) is 0 Å². The van der Waals surface area contributed by atoms with Gasteiger partial charge in [0.15, 0.2) is 10.8 Å². The van der Waals surface area contributed by atoms with Crippen LogP contribution in [0.25, 0.3) is 5.65 Å². The standard InChI is InChI=1S/C10H12ClN5/c11-8-10-15-14-9(16(10)5-4-13-8)7-2-1-3-12-6-7/h4-5,7,12H,1-3,6H2. The number of fused-ring (bicyclic) bond motifs is 1. The summed E-state index contributed by atoms with van der Waals surface area (Å²) in [7, 11) is 0.